The molecule has 7 nitrogen and oxygen atoms in total. The number of carbonyl (C=O) groups is 1. The monoisotopic (exact) mass is 412 g/mol. The first kappa shape index (κ1) is 19.6. The van der Waals surface area contributed by atoms with Crippen molar-refractivity contribution in [3.8, 4) is 11.3 Å². The molecule has 4 rings (SSSR count). The molecule has 0 spiro atoms. The molecule has 0 radical (unpaired) electrons. The van der Waals surface area contributed by atoms with Gasteiger partial charge in [0.05, 0.1) is 34.3 Å². The SMILES string of the molecule is CC(C)S(=O)(=O)c1ccc(-c2nc(NC3CC3)c3cc2CN=CN(C)C3=O)cc1. The van der Waals surface area contributed by atoms with Crippen molar-refractivity contribution in [2.75, 3.05) is 12.4 Å². The second kappa shape index (κ2) is 7.26. The van der Waals surface area contributed by atoms with Gasteiger partial charge < -0.3 is 10.2 Å². The van der Waals surface area contributed by atoms with Gasteiger partial charge in [-0.2, -0.15) is 0 Å². The number of fused-ring (bicyclic) bond motifs is 2. The molecule has 0 unspecified atom stereocenters. The Bertz CT molecular complexity index is 1090. The Balaban J connectivity index is 1.79. The van der Waals surface area contributed by atoms with Gasteiger partial charge in [0.1, 0.15) is 5.82 Å². The summed E-state index contributed by atoms with van der Waals surface area (Å²) in [4.78, 5) is 23.6. The van der Waals surface area contributed by atoms with Crippen LogP contribution in [0.1, 0.15) is 42.6 Å². The van der Waals surface area contributed by atoms with Gasteiger partial charge in [-0.15, -0.1) is 0 Å². The third-order valence-corrected chi connectivity index (χ3v) is 7.33. The number of nitrogens with one attached hydrogen (secondary N) is 1. The molecule has 29 heavy (non-hydrogen) atoms. The summed E-state index contributed by atoms with van der Waals surface area (Å²) in [5.74, 6) is 0.410. The summed E-state index contributed by atoms with van der Waals surface area (Å²) in [5.41, 5.74) is 2.87. The molecule has 1 aliphatic heterocycles. The molecule has 1 saturated carbocycles. The molecule has 1 amide bonds. The summed E-state index contributed by atoms with van der Waals surface area (Å²) in [6, 6.07) is 8.96. The fourth-order valence-electron chi connectivity index (χ4n) is 3.20. The molecule has 8 heteroatoms. The van der Waals surface area contributed by atoms with E-state index in [0.29, 0.717) is 34.6 Å². The Morgan fingerprint density at radius 3 is 2.48 bits per heavy atom. The molecule has 2 aliphatic rings. The lowest BCUT2D eigenvalue weighted by Crippen LogP contribution is -2.28. The van der Waals surface area contributed by atoms with Gasteiger partial charge >= 0.3 is 0 Å². The summed E-state index contributed by atoms with van der Waals surface area (Å²) < 4.78 is 24.8. The van der Waals surface area contributed by atoms with Crippen LogP contribution in [0.4, 0.5) is 5.82 Å². The average Bonchev–Trinajstić information content (AvgIpc) is 3.51. The lowest BCUT2D eigenvalue weighted by atomic mass is 10.0. The Hall–Kier alpha value is -2.74. The molecule has 1 aromatic heterocycles. The smallest absolute Gasteiger partial charge is 0.262 e. The highest BCUT2D eigenvalue weighted by molar-refractivity contribution is 7.92. The van der Waals surface area contributed by atoms with Crippen molar-refractivity contribution < 1.29 is 13.2 Å². The largest absolute Gasteiger partial charge is 0.367 e. The molecule has 1 aliphatic carbocycles. The van der Waals surface area contributed by atoms with E-state index in [1.54, 1.807) is 45.2 Å². The Kier molecular flexibility index (Phi) is 4.90. The van der Waals surface area contributed by atoms with E-state index in [1.807, 2.05) is 6.07 Å². The lowest BCUT2D eigenvalue weighted by molar-refractivity contribution is 0.0875. The van der Waals surface area contributed by atoms with Crippen molar-refractivity contribution in [3.05, 3.63) is 41.5 Å². The Morgan fingerprint density at radius 2 is 1.86 bits per heavy atom. The third-order valence-electron chi connectivity index (χ3n) is 5.16. The predicted molar refractivity (Wildman–Crippen MR) is 113 cm³/mol. The minimum Gasteiger partial charge on any atom is -0.367 e. The van der Waals surface area contributed by atoms with E-state index in [1.165, 1.54) is 11.2 Å². The average molecular weight is 413 g/mol. The van der Waals surface area contributed by atoms with Crippen molar-refractivity contribution in [1.82, 2.24) is 9.88 Å². The summed E-state index contributed by atoms with van der Waals surface area (Å²) in [6.45, 7) is 3.73. The molecule has 152 valence electrons. The van der Waals surface area contributed by atoms with Crippen LogP contribution in [0.15, 0.2) is 40.2 Å². The van der Waals surface area contributed by atoms with Crippen molar-refractivity contribution in [2.45, 2.75) is 49.4 Å². The number of hydrogen-bond donors (Lipinski definition) is 1. The van der Waals surface area contributed by atoms with Crippen molar-refractivity contribution >= 4 is 27.9 Å². The Labute approximate surface area is 170 Å². The van der Waals surface area contributed by atoms with E-state index < -0.39 is 15.1 Å². The normalized spacial score (nSPS) is 16.7. The number of pyridine rings is 1. The molecule has 2 bridgehead atoms. The molecule has 0 atom stereocenters. The number of amides is 1. The highest BCUT2D eigenvalue weighted by Gasteiger charge is 2.27. The van der Waals surface area contributed by atoms with Crippen LogP contribution in [-0.2, 0) is 16.4 Å². The second-order valence-electron chi connectivity index (χ2n) is 7.80. The maximum Gasteiger partial charge on any atom is 0.262 e. The van der Waals surface area contributed by atoms with E-state index >= 15 is 0 Å². The van der Waals surface area contributed by atoms with Crippen molar-refractivity contribution in [1.29, 1.82) is 0 Å². The van der Waals surface area contributed by atoms with Crippen LogP contribution in [0, 0.1) is 0 Å². The van der Waals surface area contributed by atoms with Gasteiger partial charge in [0.25, 0.3) is 5.91 Å². The van der Waals surface area contributed by atoms with Crippen molar-refractivity contribution in [2.24, 2.45) is 4.99 Å². The van der Waals surface area contributed by atoms with Crippen molar-refractivity contribution in [3.63, 3.8) is 0 Å². The first-order valence-electron chi connectivity index (χ1n) is 9.69. The van der Waals surface area contributed by atoms with Crippen LogP contribution >= 0.6 is 0 Å². The molecule has 2 heterocycles. The second-order valence-corrected chi connectivity index (χ2v) is 10.3. The van der Waals surface area contributed by atoms with Gasteiger partial charge in [0, 0.05) is 24.2 Å². The van der Waals surface area contributed by atoms with Crippen LogP contribution in [-0.4, -0.2) is 48.9 Å². The number of carbonyl (C=O) groups excluding carboxylic acids is 1. The van der Waals surface area contributed by atoms with Gasteiger partial charge in [-0.05, 0) is 44.9 Å². The molecule has 2 aromatic rings. The van der Waals surface area contributed by atoms with Crippen LogP contribution in [0.3, 0.4) is 0 Å². The third kappa shape index (κ3) is 3.76. The molecule has 1 aromatic carbocycles. The number of rotatable bonds is 5. The summed E-state index contributed by atoms with van der Waals surface area (Å²) in [6.07, 6.45) is 3.65. The maximum absolute atomic E-state index is 12.7. The van der Waals surface area contributed by atoms with Gasteiger partial charge in [-0.1, -0.05) is 12.1 Å². The molecule has 1 fully saturated rings. The highest BCUT2D eigenvalue weighted by atomic mass is 32.2. The van der Waals surface area contributed by atoms with E-state index in [4.69, 9.17) is 4.98 Å². The first-order chi connectivity index (χ1) is 13.8. The van der Waals surface area contributed by atoms with E-state index in [2.05, 4.69) is 10.3 Å². The molecular weight excluding hydrogens is 388 g/mol. The number of benzene rings is 1. The topological polar surface area (TPSA) is 91.7 Å². The summed E-state index contributed by atoms with van der Waals surface area (Å²) >= 11 is 0. The van der Waals surface area contributed by atoms with E-state index in [-0.39, 0.29) is 5.91 Å². The van der Waals surface area contributed by atoms with Gasteiger partial charge in [0.15, 0.2) is 9.84 Å². The van der Waals surface area contributed by atoms with Crippen LogP contribution in [0.5, 0.6) is 0 Å². The quantitative estimate of drug-likeness (QED) is 0.815. The Morgan fingerprint density at radius 1 is 1.17 bits per heavy atom. The van der Waals surface area contributed by atoms with Crippen LogP contribution < -0.4 is 5.32 Å². The van der Waals surface area contributed by atoms with Crippen LogP contribution in [0.2, 0.25) is 0 Å². The van der Waals surface area contributed by atoms with Gasteiger partial charge in [-0.25, -0.2) is 13.4 Å². The van der Waals surface area contributed by atoms with E-state index in [0.717, 1.165) is 24.0 Å². The number of aromatic nitrogens is 1. The predicted octanol–water partition coefficient (Wildman–Crippen LogP) is 3.12. The minimum atomic E-state index is -3.33. The fraction of sp³-hybridized carbons (Fsp3) is 0.381. The van der Waals surface area contributed by atoms with Crippen LogP contribution in [0.25, 0.3) is 11.3 Å². The zero-order valence-corrected chi connectivity index (χ0v) is 17.5. The summed E-state index contributed by atoms with van der Waals surface area (Å²) in [7, 11) is -1.65. The zero-order valence-electron chi connectivity index (χ0n) is 16.7. The number of nitrogens with zero attached hydrogens (tertiary/aromatic N) is 3. The molecular formula is C21H24N4O3S. The molecule has 1 N–H and O–H groups in total. The minimum absolute atomic E-state index is 0.157. The highest BCUT2D eigenvalue weighted by Crippen LogP contribution is 2.32. The number of aliphatic imine (C=N–C) groups is 1. The van der Waals surface area contributed by atoms with Gasteiger partial charge in [0.2, 0.25) is 0 Å². The number of sulfone groups is 1. The number of hydrogen-bond acceptors (Lipinski definition) is 6. The fourth-order valence-corrected chi connectivity index (χ4v) is 4.26. The zero-order chi connectivity index (χ0) is 20.8. The van der Waals surface area contributed by atoms with Gasteiger partial charge in [-0.3, -0.25) is 9.79 Å². The lowest BCUT2D eigenvalue weighted by Gasteiger charge is -2.20. The number of anilines is 1. The van der Waals surface area contributed by atoms with E-state index in [9.17, 15) is 13.2 Å². The maximum atomic E-state index is 12.7. The standard InChI is InChI=1S/C21H24N4O3S/c1-13(2)29(27,28)17-8-4-14(5-9-17)19-15-10-18(20(24-19)23-16-6-7-16)21(26)25(3)12-22-11-15/h4-5,8-10,12-13,16H,6-7,11H2,1-3H3,(H,23,24). The first-order valence-corrected chi connectivity index (χ1v) is 11.2. The molecule has 0 saturated heterocycles. The summed E-state index contributed by atoms with van der Waals surface area (Å²) in [5, 5.41) is 2.88.